The number of ether oxygens (including phenoxy) is 1. The second kappa shape index (κ2) is 8.28. The van der Waals surface area contributed by atoms with Gasteiger partial charge in [-0.3, -0.25) is 9.34 Å². The molecule has 2 heterocycles. The lowest BCUT2D eigenvalue weighted by Crippen LogP contribution is -2.55. The van der Waals surface area contributed by atoms with Crippen LogP contribution in [0.1, 0.15) is 67.1 Å². The Bertz CT molecular complexity index is 660. The molecule has 2 rings (SSSR count). The smallest absolute Gasteiger partial charge is 0.140 e. The summed E-state index contributed by atoms with van der Waals surface area (Å²) in [7, 11) is -1.84. The molecule has 1 aromatic heterocycles. The molecule has 4 nitrogen and oxygen atoms in total. The number of hydrogen-bond acceptors (Lipinski definition) is 3. The quantitative estimate of drug-likeness (QED) is 0.247. The summed E-state index contributed by atoms with van der Waals surface area (Å²) in [4.78, 5) is -0.289. The summed E-state index contributed by atoms with van der Waals surface area (Å²) in [6.45, 7) is 25.5. The minimum atomic E-state index is -2.28. The Hall–Kier alpha value is 0.0269. The van der Waals surface area contributed by atoms with Gasteiger partial charge in [-0.1, -0.05) is 31.4 Å². The maximum atomic E-state index is 6.89. The summed E-state index contributed by atoms with van der Waals surface area (Å²) in [6, 6.07) is 3.47. The highest BCUT2D eigenvalue weighted by Crippen LogP contribution is 2.81. The van der Waals surface area contributed by atoms with Crippen LogP contribution in [0.5, 0.6) is 0 Å². The lowest BCUT2D eigenvalue weighted by Gasteiger charge is -2.55. The predicted molar refractivity (Wildman–Crippen MR) is 127 cm³/mol. The predicted octanol–water partition coefficient (Wildman–Crippen LogP) is 6.47. The summed E-state index contributed by atoms with van der Waals surface area (Å²) in [5, 5.41) is 0. The van der Waals surface area contributed by atoms with E-state index in [1.165, 1.54) is 0 Å². The van der Waals surface area contributed by atoms with Gasteiger partial charge in [0.1, 0.15) is 17.4 Å². The van der Waals surface area contributed by atoms with Crippen molar-refractivity contribution in [2.45, 2.75) is 110 Å². The van der Waals surface area contributed by atoms with E-state index in [2.05, 4.69) is 90.4 Å². The van der Waals surface area contributed by atoms with E-state index in [0.29, 0.717) is 24.2 Å². The number of nitrogens with zero attached hydrogens (tertiary/aromatic N) is 2. The molecule has 7 heteroatoms. The molecule has 0 bridgehead atoms. The summed E-state index contributed by atoms with van der Waals surface area (Å²) >= 11 is 6.89. The molecule has 162 valence electrons. The largest absolute Gasteiger partial charge is 0.472 e. The molecule has 1 aliphatic rings. The summed E-state index contributed by atoms with van der Waals surface area (Å²) in [5.74, 6) is 0. The van der Waals surface area contributed by atoms with Crippen LogP contribution < -0.4 is 0 Å². The van der Waals surface area contributed by atoms with Gasteiger partial charge < -0.3 is 9.15 Å². The molecule has 2 atom stereocenters. The Morgan fingerprint density at radius 3 is 1.64 bits per heavy atom. The van der Waals surface area contributed by atoms with Gasteiger partial charge in [-0.15, -0.1) is 0 Å². The van der Waals surface area contributed by atoms with Gasteiger partial charge in [0.15, 0.2) is 0 Å². The molecular weight excluding hydrogens is 403 g/mol. The van der Waals surface area contributed by atoms with E-state index < -0.39 is 14.4 Å². The first kappa shape index (κ1) is 24.3. The summed E-state index contributed by atoms with van der Waals surface area (Å²) in [6.07, 6.45) is 1.35. The van der Waals surface area contributed by atoms with Crippen LogP contribution in [-0.2, 0) is 16.5 Å². The Labute approximate surface area is 179 Å². The first-order valence-corrected chi connectivity index (χ1v) is 16.8. The molecule has 0 N–H and O–H groups in total. The molecule has 0 spiro atoms. The molecule has 0 radical (unpaired) electrons. The highest BCUT2D eigenvalue weighted by molar-refractivity contribution is 8.14. The highest BCUT2D eigenvalue weighted by atomic mass is 32.4. The van der Waals surface area contributed by atoms with E-state index in [4.69, 9.17) is 21.0 Å². The van der Waals surface area contributed by atoms with Gasteiger partial charge in [0.25, 0.3) is 0 Å². The van der Waals surface area contributed by atoms with Crippen LogP contribution >= 0.6 is 6.34 Å². The first-order chi connectivity index (χ1) is 12.7. The van der Waals surface area contributed by atoms with Crippen LogP contribution in [0.2, 0.25) is 19.6 Å². The zero-order chi connectivity index (χ0) is 21.7. The second-order valence-electron chi connectivity index (χ2n) is 10.2. The average Bonchev–Trinajstić information content (AvgIpc) is 3.06. The van der Waals surface area contributed by atoms with E-state index in [0.717, 1.165) is 5.56 Å². The lowest BCUT2D eigenvalue weighted by molar-refractivity contribution is 0.242. The van der Waals surface area contributed by atoms with Gasteiger partial charge >= 0.3 is 0 Å². The third kappa shape index (κ3) is 3.74. The van der Waals surface area contributed by atoms with Crippen molar-refractivity contribution in [3.05, 3.63) is 24.2 Å². The number of rotatable bonds is 9. The van der Waals surface area contributed by atoms with Crippen molar-refractivity contribution in [2.24, 2.45) is 0 Å². The van der Waals surface area contributed by atoms with Gasteiger partial charge in [-0.25, -0.2) is 0 Å². The highest BCUT2D eigenvalue weighted by Gasteiger charge is 2.75. The fraction of sp³-hybridized carbons (Fsp3) is 0.810. The van der Waals surface area contributed by atoms with Crippen molar-refractivity contribution in [1.29, 1.82) is 0 Å². The molecule has 1 fully saturated rings. The molecule has 0 unspecified atom stereocenters. The fourth-order valence-corrected chi connectivity index (χ4v) is 19.9. The van der Waals surface area contributed by atoms with Crippen LogP contribution in [0, 0.1) is 0 Å². The maximum absolute atomic E-state index is 6.89. The molecule has 0 aliphatic carbocycles. The van der Waals surface area contributed by atoms with Crippen molar-refractivity contribution >= 4 is 26.2 Å². The van der Waals surface area contributed by atoms with Crippen molar-refractivity contribution in [3.8, 4) is 0 Å². The van der Waals surface area contributed by atoms with E-state index in [1.807, 2.05) is 6.26 Å². The van der Waals surface area contributed by atoms with Gasteiger partial charge in [0, 0.05) is 29.7 Å². The number of epoxide rings is 1. The molecule has 0 aromatic carbocycles. The summed E-state index contributed by atoms with van der Waals surface area (Å²) in [5.41, 5.74) is 1.14. The third-order valence-electron chi connectivity index (χ3n) is 5.69. The van der Waals surface area contributed by atoms with Gasteiger partial charge in [0.2, 0.25) is 0 Å². The molecule has 0 saturated carbocycles. The van der Waals surface area contributed by atoms with Crippen LogP contribution in [0.15, 0.2) is 23.0 Å². The minimum absolute atomic E-state index is 0.0312. The molecule has 28 heavy (non-hydrogen) atoms. The third-order valence-corrected chi connectivity index (χ3v) is 17.9. The first-order valence-electron chi connectivity index (χ1n) is 10.6. The van der Waals surface area contributed by atoms with Crippen molar-refractivity contribution in [3.63, 3.8) is 0 Å². The lowest BCUT2D eigenvalue weighted by atomic mass is 10.3. The Morgan fingerprint density at radius 2 is 1.36 bits per heavy atom. The SMILES string of the molecule is CC(C)N(C(C)C)P(=S)(N(C(C)C)C(C)C)[C@]1([Si](C)(C)C)O[C@H]1c1ccoc1. The van der Waals surface area contributed by atoms with Crippen molar-refractivity contribution < 1.29 is 9.15 Å². The standard InChI is InChI=1S/C21H41N2O2PSSi/c1-15(2)22(16(3)4)26(27,23(17(5)6)18(7)8)21(28(9,10)11)20(25-21)19-12-13-24-14-19/h12-18,20H,1-11H3/t20-,21+/m0/s1. The zero-order valence-corrected chi connectivity index (χ0v) is 22.4. The van der Waals surface area contributed by atoms with Gasteiger partial charge in [-0.05, 0) is 61.5 Å². The molecular formula is C21H41N2O2PSSi. The second-order valence-corrected chi connectivity index (χ2v) is 20.0. The Balaban J connectivity index is 2.81. The normalized spacial score (nSPS) is 23.8. The molecule has 1 saturated heterocycles. The van der Waals surface area contributed by atoms with E-state index in [-0.39, 0.29) is 11.1 Å². The van der Waals surface area contributed by atoms with Crippen molar-refractivity contribution in [1.82, 2.24) is 9.34 Å². The number of hydrogen-bond donors (Lipinski definition) is 0. The fourth-order valence-electron chi connectivity index (χ4n) is 5.00. The topological polar surface area (TPSA) is 32.1 Å². The number of furan rings is 1. The Morgan fingerprint density at radius 1 is 0.929 bits per heavy atom. The van der Waals surface area contributed by atoms with Crippen LogP contribution in [0.4, 0.5) is 0 Å². The van der Waals surface area contributed by atoms with E-state index in [9.17, 15) is 0 Å². The molecule has 0 amide bonds. The van der Waals surface area contributed by atoms with Crippen molar-refractivity contribution in [2.75, 3.05) is 0 Å². The molecule has 1 aliphatic heterocycles. The van der Waals surface area contributed by atoms with Crippen LogP contribution in [-0.4, -0.2) is 46.5 Å². The van der Waals surface area contributed by atoms with Gasteiger partial charge in [0.05, 0.1) is 20.6 Å². The van der Waals surface area contributed by atoms with Crippen LogP contribution in [0.3, 0.4) is 0 Å². The Kier molecular flexibility index (Phi) is 7.18. The maximum Gasteiger partial charge on any atom is 0.140 e. The van der Waals surface area contributed by atoms with Crippen LogP contribution in [0.25, 0.3) is 0 Å². The average molecular weight is 445 g/mol. The van der Waals surface area contributed by atoms with E-state index >= 15 is 0 Å². The monoisotopic (exact) mass is 444 g/mol. The summed E-state index contributed by atoms with van der Waals surface area (Å²) < 4.78 is 17.5. The minimum Gasteiger partial charge on any atom is -0.472 e. The molecule has 1 aromatic rings. The van der Waals surface area contributed by atoms with Gasteiger partial charge in [-0.2, -0.15) is 0 Å². The van der Waals surface area contributed by atoms with E-state index in [1.54, 1.807) is 6.26 Å². The zero-order valence-electron chi connectivity index (χ0n) is 19.7.